The monoisotopic (exact) mass is 163 g/mol. The van der Waals surface area contributed by atoms with Gasteiger partial charge in [0.1, 0.15) is 5.25 Å². The molecule has 0 rings (SSSR count). The third-order valence-electron chi connectivity index (χ3n) is 1.17. The summed E-state index contributed by atoms with van der Waals surface area (Å²) in [5, 5.41) is -0.500. The van der Waals surface area contributed by atoms with Crippen LogP contribution in [0.15, 0.2) is 0 Å². The Labute approximate surface area is 66.3 Å². The Morgan fingerprint density at radius 1 is 1.80 bits per heavy atom. The first-order valence-corrected chi connectivity index (χ1v) is 3.70. The first-order valence-electron chi connectivity index (χ1n) is 3.18. The molecule has 0 radical (unpaired) electrons. The van der Waals surface area contributed by atoms with E-state index in [9.17, 15) is 4.79 Å². The van der Waals surface area contributed by atoms with Crippen LogP contribution in [0.1, 0.15) is 13.8 Å². The van der Waals surface area contributed by atoms with E-state index in [4.69, 9.17) is 10.5 Å². The van der Waals surface area contributed by atoms with Crippen LogP contribution in [0.2, 0.25) is 0 Å². The number of carbonyl (C=O) groups excluding carboxylic acids is 1. The average molecular weight is 163 g/mol. The molecule has 0 aliphatic carbocycles. The lowest BCUT2D eigenvalue weighted by Gasteiger charge is -2.15. The summed E-state index contributed by atoms with van der Waals surface area (Å²) in [6, 6.07) is 0. The molecule has 2 unspecified atom stereocenters. The van der Waals surface area contributed by atoms with Gasteiger partial charge in [-0.25, -0.2) is 0 Å². The zero-order chi connectivity index (χ0) is 8.15. The summed E-state index contributed by atoms with van der Waals surface area (Å²) in [5.74, 6) is -0.440. The molecule has 3 nitrogen and oxygen atoms in total. The predicted molar refractivity (Wildman–Crippen MR) is 43.1 cm³/mol. The van der Waals surface area contributed by atoms with Crippen molar-refractivity contribution in [2.45, 2.75) is 25.2 Å². The summed E-state index contributed by atoms with van der Waals surface area (Å²) < 4.78 is 5.09. The maximum Gasteiger partial charge on any atom is 0.232 e. The molecular formula is C6H13NO2S. The Morgan fingerprint density at radius 2 is 2.30 bits per heavy atom. The van der Waals surface area contributed by atoms with E-state index >= 15 is 0 Å². The van der Waals surface area contributed by atoms with Gasteiger partial charge in [-0.3, -0.25) is 4.79 Å². The normalized spacial score (nSPS) is 16.3. The van der Waals surface area contributed by atoms with Gasteiger partial charge in [-0.15, -0.1) is 0 Å². The van der Waals surface area contributed by atoms with Gasteiger partial charge in [0.15, 0.2) is 0 Å². The third kappa shape index (κ3) is 3.08. The number of hydrogen-bond donors (Lipinski definition) is 2. The van der Waals surface area contributed by atoms with E-state index in [0.717, 1.165) is 0 Å². The highest BCUT2D eigenvalue weighted by Gasteiger charge is 2.17. The molecule has 0 heterocycles. The number of amides is 1. The molecule has 4 heteroatoms. The fraction of sp³-hybridized carbons (Fsp3) is 0.833. The zero-order valence-corrected chi connectivity index (χ0v) is 7.10. The molecule has 0 saturated carbocycles. The number of rotatable bonds is 4. The van der Waals surface area contributed by atoms with Gasteiger partial charge in [0, 0.05) is 6.61 Å². The highest BCUT2D eigenvalue weighted by atomic mass is 32.1. The van der Waals surface area contributed by atoms with Crippen molar-refractivity contribution in [1.82, 2.24) is 0 Å². The van der Waals surface area contributed by atoms with Gasteiger partial charge in [0.2, 0.25) is 5.91 Å². The molecule has 0 saturated heterocycles. The molecule has 0 aliphatic heterocycles. The first-order chi connectivity index (χ1) is 4.59. The quantitative estimate of drug-likeness (QED) is 0.581. The summed E-state index contributed by atoms with van der Waals surface area (Å²) in [7, 11) is 0. The van der Waals surface area contributed by atoms with E-state index in [1.807, 2.05) is 6.92 Å². The first kappa shape index (κ1) is 9.78. The molecule has 2 atom stereocenters. The van der Waals surface area contributed by atoms with Crippen LogP contribution >= 0.6 is 12.6 Å². The van der Waals surface area contributed by atoms with E-state index < -0.39 is 11.2 Å². The Kier molecular flexibility index (Phi) is 4.47. The lowest BCUT2D eigenvalue weighted by Crippen LogP contribution is -2.34. The molecule has 10 heavy (non-hydrogen) atoms. The van der Waals surface area contributed by atoms with E-state index in [1.165, 1.54) is 0 Å². The fourth-order valence-corrected chi connectivity index (χ4v) is 0.671. The van der Waals surface area contributed by atoms with Gasteiger partial charge < -0.3 is 10.5 Å². The smallest absolute Gasteiger partial charge is 0.232 e. The highest BCUT2D eigenvalue weighted by molar-refractivity contribution is 7.81. The van der Waals surface area contributed by atoms with Gasteiger partial charge in [-0.05, 0) is 13.8 Å². The topological polar surface area (TPSA) is 52.3 Å². The number of ether oxygens (including phenoxy) is 1. The predicted octanol–water partition coefficient (Wildman–Crippen LogP) is 0.195. The van der Waals surface area contributed by atoms with Gasteiger partial charge in [0.25, 0.3) is 0 Å². The van der Waals surface area contributed by atoms with Crippen molar-refractivity contribution in [1.29, 1.82) is 0 Å². The number of nitrogens with two attached hydrogens (primary N) is 1. The summed E-state index contributed by atoms with van der Waals surface area (Å²) in [6.07, 6.45) is -0.203. The molecular weight excluding hydrogens is 150 g/mol. The van der Waals surface area contributed by atoms with Crippen LogP contribution in [0, 0.1) is 0 Å². The van der Waals surface area contributed by atoms with Crippen LogP contribution in [0.4, 0.5) is 0 Å². The summed E-state index contributed by atoms with van der Waals surface area (Å²) in [5.41, 5.74) is 4.97. The lowest BCUT2D eigenvalue weighted by atomic mass is 10.2. The molecule has 0 aromatic carbocycles. The maximum atomic E-state index is 10.5. The second-order valence-corrected chi connectivity index (χ2v) is 2.56. The second-order valence-electron chi connectivity index (χ2n) is 2.01. The molecule has 0 bridgehead atoms. The highest BCUT2D eigenvalue weighted by Crippen LogP contribution is 2.04. The van der Waals surface area contributed by atoms with Gasteiger partial charge >= 0.3 is 0 Å². The number of primary amides is 1. The second kappa shape index (κ2) is 4.57. The number of carbonyl (C=O) groups is 1. The molecule has 0 spiro atoms. The van der Waals surface area contributed by atoms with Crippen molar-refractivity contribution in [2.24, 2.45) is 5.73 Å². The van der Waals surface area contributed by atoms with Crippen LogP contribution in [0.25, 0.3) is 0 Å². The van der Waals surface area contributed by atoms with Crippen molar-refractivity contribution in [2.75, 3.05) is 6.61 Å². The van der Waals surface area contributed by atoms with Crippen LogP contribution < -0.4 is 5.73 Å². The molecule has 1 amide bonds. The van der Waals surface area contributed by atoms with Gasteiger partial charge in [-0.1, -0.05) is 0 Å². The molecule has 60 valence electrons. The average Bonchev–Trinajstić information content (AvgIpc) is 1.87. The van der Waals surface area contributed by atoms with Crippen molar-refractivity contribution in [3.05, 3.63) is 0 Å². The third-order valence-corrected chi connectivity index (χ3v) is 1.84. The fourth-order valence-electron chi connectivity index (χ4n) is 0.585. The molecule has 2 N–H and O–H groups in total. The minimum Gasteiger partial charge on any atom is -0.377 e. The van der Waals surface area contributed by atoms with Crippen LogP contribution in [0.3, 0.4) is 0 Å². The summed E-state index contributed by atoms with van der Waals surface area (Å²) in [4.78, 5) is 10.5. The van der Waals surface area contributed by atoms with Crippen LogP contribution in [-0.4, -0.2) is 23.9 Å². The van der Waals surface area contributed by atoms with Crippen molar-refractivity contribution in [3.63, 3.8) is 0 Å². The molecule has 0 aliphatic rings. The standard InChI is InChI=1S/C6H13NO2S/c1-3-9-4(2)5(10)6(7)8/h4-5,10H,3H2,1-2H3,(H2,7,8). The van der Waals surface area contributed by atoms with Crippen LogP contribution in [0.5, 0.6) is 0 Å². The van der Waals surface area contributed by atoms with Gasteiger partial charge in [0.05, 0.1) is 6.10 Å². The van der Waals surface area contributed by atoms with E-state index in [-0.39, 0.29) is 6.10 Å². The number of thiol groups is 1. The molecule has 0 fully saturated rings. The lowest BCUT2D eigenvalue weighted by molar-refractivity contribution is -0.119. The molecule has 0 aromatic rings. The van der Waals surface area contributed by atoms with Crippen LogP contribution in [-0.2, 0) is 9.53 Å². The Bertz CT molecular complexity index is 118. The summed E-state index contributed by atoms with van der Waals surface area (Å²) in [6.45, 7) is 4.20. The van der Waals surface area contributed by atoms with Crippen molar-refractivity contribution >= 4 is 18.5 Å². The summed E-state index contributed by atoms with van der Waals surface area (Å²) >= 11 is 3.95. The SMILES string of the molecule is CCOC(C)C(S)C(N)=O. The maximum absolute atomic E-state index is 10.5. The van der Waals surface area contributed by atoms with E-state index in [0.29, 0.717) is 6.61 Å². The molecule has 0 aromatic heterocycles. The zero-order valence-electron chi connectivity index (χ0n) is 6.20. The Morgan fingerprint density at radius 3 is 2.60 bits per heavy atom. The van der Waals surface area contributed by atoms with E-state index in [2.05, 4.69) is 12.6 Å². The number of hydrogen-bond acceptors (Lipinski definition) is 3. The largest absolute Gasteiger partial charge is 0.377 e. The Hall–Kier alpha value is -0.220. The minimum absolute atomic E-state index is 0.203. The minimum atomic E-state index is -0.500. The van der Waals surface area contributed by atoms with E-state index in [1.54, 1.807) is 6.92 Å². The Balaban J connectivity index is 3.69. The van der Waals surface area contributed by atoms with Gasteiger partial charge in [-0.2, -0.15) is 12.6 Å². The van der Waals surface area contributed by atoms with Crippen molar-refractivity contribution < 1.29 is 9.53 Å². The van der Waals surface area contributed by atoms with Crippen molar-refractivity contribution in [3.8, 4) is 0 Å².